The molecule has 0 spiro atoms. The normalized spacial score (nSPS) is 11.8. The third kappa shape index (κ3) is 6.72. The molecule has 0 radical (unpaired) electrons. The van der Waals surface area contributed by atoms with E-state index < -0.39 is 0 Å². The van der Waals surface area contributed by atoms with Gasteiger partial charge in [0.25, 0.3) is 0 Å². The minimum atomic E-state index is 0.336. The Morgan fingerprint density at radius 2 is 2.06 bits per heavy atom. The van der Waals surface area contributed by atoms with Gasteiger partial charge in [-0.3, -0.25) is 4.98 Å². The monoisotopic (exact) mass is 250 g/mol. The minimum Gasteiger partial charge on any atom is -0.375 e. The summed E-state index contributed by atoms with van der Waals surface area (Å²) in [7, 11) is 0. The number of aromatic nitrogens is 1. The molecule has 18 heavy (non-hydrogen) atoms. The first-order valence-corrected chi connectivity index (χ1v) is 6.73. The van der Waals surface area contributed by atoms with E-state index in [1.807, 2.05) is 12.3 Å². The lowest BCUT2D eigenvalue weighted by atomic mass is 9.93. The van der Waals surface area contributed by atoms with Crippen LogP contribution < -0.4 is 5.32 Å². The van der Waals surface area contributed by atoms with Crippen LogP contribution in [0.15, 0.2) is 18.3 Å². The van der Waals surface area contributed by atoms with E-state index in [2.05, 4.69) is 44.1 Å². The van der Waals surface area contributed by atoms with Crippen LogP contribution in [0.5, 0.6) is 0 Å². The topological polar surface area (TPSA) is 34.1 Å². The fourth-order valence-corrected chi connectivity index (χ4v) is 1.47. The number of hydrogen-bond acceptors (Lipinski definition) is 3. The highest BCUT2D eigenvalue weighted by atomic mass is 16.5. The summed E-state index contributed by atoms with van der Waals surface area (Å²) in [4.78, 5) is 4.40. The molecule has 0 aliphatic heterocycles. The molecule has 0 atom stereocenters. The van der Waals surface area contributed by atoms with Crippen LogP contribution in [-0.2, 0) is 17.9 Å². The average Bonchev–Trinajstić information content (AvgIpc) is 2.32. The zero-order chi connectivity index (χ0) is 13.4. The van der Waals surface area contributed by atoms with Gasteiger partial charge in [0.2, 0.25) is 0 Å². The maximum absolute atomic E-state index is 5.64. The second kappa shape index (κ2) is 7.49. The van der Waals surface area contributed by atoms with Crippen LogP contribution in [0.1, 0.15) is 45.4 Å². The first-order chi connectivity index (χ1) is 8.51. The molecule has 3 nitrogen and oxygen atoms in total. The highest BCUT2D eigenvalue weighted by Crippen LogP contribution is 2.18. The number of nitrogens with zero attached hydrogens (tertiary/aromatic N) is 1. The molecule has 0 aliphatic rings. The van der Waals surface area contributed by atoms with E-state index in [9.17, 15) is 0 Å². The molecule has 102 valence electrons. The maximum Gasteiger partial charge on any atom is 0.0887 e. The molecule has 1 heterocycles. The van der Waals surface area contributed by atoms with Gasteiger partial charge in [-0.2, -0.15) is 0 Å². The number of hydrogen-bond donors (Lipinski definition) is 1. The molecular formula is C15H26N2O. The van der Waals surface area contributed by atoms with E-state index in [0.29, 0.717) is 12.0 Å². The summed E-state index contributed by atoms with van der Waals surface area (Å²) >= 11 is 0. The Bertz CT molecular complexity index is 327. The van der Waals surface area contributed by atoms with Crippen molar-refractivity contribution in [1.82, 2.24) is 10.3 Å². The molecule has 0 unspecified atom stereocenters. The quantitative estimate of drug-likeness (QED) is 0.755. The second-order valence-corrected chi connectivity index (χ2v) is 5.80. The van der Waals surface area contributed by atoms with E-state index in [-0.39, 0.29) is 0 Å². The Morgan fingerprint density at radius 1 is 1.28 bits per heavy atom. The van der Waals surface area contributed by atoms with Crippen molar-refractivity contribution < 1.29 is 4.74 Å². The van der Waals surface area contributed by atoms with Gasteiger partial charge in [0.1, 0.15) is 0 Å². The van der Waals surface area contributed by atoms with E-state index in [4.69, 9.17) is 4.74 Å². The van der Waals surface area contributed by atoms with Crippen LogP contribution in [0.3, 0.4) is 0 Å². The van der Waals surface area contributed by atoms with Gasteiger partial charge in [-0.15, -0.1) is 0 Å². The maximum atomic E-state index is 5.64. The summed E-state index contributed by atoms with van der Waals surface area (Å²) < 4.78 is 5.64. The predicted molar refractivity (Wildman–Crippen MR) is 75.3 cm³/mol. The fraction of sp³-hybridized carbons (Fsp3) is 0.667. The van der Waals surface area contributed by atoms with Gasteiger partial charge in [-0.1, -0.05) is 33.8 Å². The van der Waals surface area contributed by atoms with Gasteiger partial charge in [-0.25, -0.2) is 0 Å². The molecule has 0 amide bonds. The molecule has 0 saturated carbocycles. The van der Waals surface area contributed by atoms with Crippen molar-refractivity contribution in [3.8, 4) is 0 Å². The lowest BCUT2D eigenvalue weighted by Gasteiger charge is -2.17. The Morgan fingerprint density at radius 3 is 2.61 bits per heavy atom. The smallest absolute Gasteiger partial charge is 0.0887 e. The molecule has 0 fully saturated rings. The van der Waals surface area contributed by atoms with Crippen molar-refractivity contribution in [3.05, 3.63) is 29.6 Å². The Balaban J connectivity index is 2.26. The van der Waals surface area contributed by atoms with Gasteiger partial charge < -0.3 is 10.1 Å². The standard InChI is InChI=1S/C15H26N2O/c1-5-16-10-13-6-7-14(17-11-13)12-18-9-8-15(2,3)4/h6-7,11,16H,5,8-10,12H2,1-4H3. The van der Waals surface area contributed by atoms with Crippen LogP contribution in [0.25, 0.3) is 0 Å². The molecule has 0 bridgehead atoms. The second-order valence-electron chi connectivity index (χ2n) is 5.80. The summed E-state index contributed by atoms with van der Waals surface area (Å²) in [6.07, 6.45) is 3.00. The zero-order valence-corrected chi connectivity index (χ0v) is 12.1. The molecule has 0 saturated heterocycles. The van der Waals surface area contributed by atoms with Gasteiger partial charge in [0.15, 0.2) is 0 Å². The third-order valence-electron chi connectivity index (χ3n) is 2.71. The van der Waals surface area contributed by atoms with Gasteiger partial charge in [0, 0.05) is 19.3 Å². The van der Waals surface area contributed by atoms with Crippen molar-refractivity contribution in [2.24, 2.45) is 5.41 Å². The molecular weight excluding hydrogens is 224 g/mol. The molecule has 1 aromatic rings. The van der Waals surface area contributed by atoms with Gasteiger partial charge >= 0.3 is 0 Å². The number of nitrogens with one attached hydrogen (secondary N) is 1. The molecule has 1 N–H and O–H groups in total. The SMILES string of the molecule is CCNCc1ccc(COCCC(C)(C)C)nc1. The molecule has 3 heteroatoms. The summed E-state index contributed by atoms with van der Waals surface area (Å²) in [5.41, 5.74) is 2.56. The highest BCUT2D eigenvalue weighted by molar-refractivity contribution is 5.13. The largest absolute Gasteiger partial charge is 0.375 e. The van der Waals surface area contributed by atoms with Crippen molar-refractivity contribution in [1.29, 1.82) is 0 Å². The predicted octanol–water partition coefficient (Wildman–Crippen LogP) is 3.14. The van der Waals surface area contributed by atoms with Gasteiger partial charge in [-0.05, 0) is 30.0 Å². The van der Waals surface area contributed by atoms with E-state index in [0.717, 1.165) is 31.8 Å². The van der Waals surface area contributed by atoms with Crippen LogP contribution in [0.2, 0.25) is 0 Å². The average molecular weight is 250 g/mol. The molecule has 0 aromatic carbocycles. The minimum absolute atomic E-state index is 0.336. The van der Waals surface area contributed by atoms with Crippen LogP contribution in [-0.4, -0.2) is 18.1 Å². The lowest BCUT2D eigenvalue weighted by Crippen LogP contribution is -2.12. The van der Waals surface area contributed by atoms with E-state index in [1.165, 1.54) is 5.56 Å². The zero-order valence-electron chi connectivity index (χ0n) is 12.1. The van der Waals surface area contributed by atoms with Crippen LogP contribution >= 0.6 is 0 Å². The van der Waals surface area contributed by atoms with Crippen molar-refractivity contribution >= 4 is 0 Å². The summed E-state index contributed by atoms with van der Waals surface area (Å²) in [5, 5.41) is 3.28. The van der Waals surface area contributed by atoms with Crippen LogP contribution in [0.4, 0.5) is 0 Å². The summed E-state index contributed by atoms with van der Waals surface area (Å²) in [5.74, 6) is 0. The lowest BCUT2D eigenvalue weighted by molar-refractivity contribution is 0.0941. The number of rotatable bonds is 7. The molecule has 0 aliphatic carbocycles. The first-order valence-electron chi connectivity index (χ1n) is 6.73. The van der Waals surface area contributed by atoms with E-state index >= 15 is 0 Å². The molecule has 1 rings (SSSR count). The number of ether oxygens (including phenoxy) is 1. The summed E-state index contributed by atoms with van der Waals surface area (Å²) in [6.45, 7) is 12.1. The highest BCUT2D eigenvalue weighted by Gasteiger charge is 2.09. The van der Waals surface area contributed by atoms with E-state index in [1.54, 1.807) is 0 Å². The molecule has 1 aromatic heterocycles. The summed E-state index contributed by atoms with van der Waals surface area (Å²) in [6, 6.07) is 4.15. The Kier molecular flexibility index (Phi) is 6.30. The van der Waals surface area contributed by atoms with Crippen LogP contribution in [0, 0.1) is 5.41 Å². The van der Waals surface area contributed by atoms with Crippen molar-refractivity contribution in [2.75, 3.05) is 13.2 Å². The first kappa shape index (κ1) is 15.1. The number of pyridine rings is 1. The third-order valence-corrected chi connectivity index (χ3v) is 2.71. The Labute approximate surface area is 111 Å². The van der Waals surface area contributed by atoms with Gasteiger partial charge in [0.05, 0.1) is 12.3 Å². The Hall–Kier alpha value is -0.930. The van der Waals surface area contributed by atoms with Crippen molar-refractivity contribution in [3.63, 3.8) is 0 Å². The fourth-order valence-electron chi connectivity index (χ4n) is 1.47. The van der Waals surface area contributed by atoms with Crippen molar-refractivity contribution in [2.45, 2.75) is 47.3 Å².